The van der Waals surface area contributed by atoms with Gasteiger partial charge in [0.1, 0.15) is 0 Å². The molecule has 0 radical (unpaired) electrons. The van der Waals surface area contributed by atoms with Crippen molar-refractivity contribution in [3.05, 3.63) is 23.5 Å². The van der Waals surface area contributed by atoms with Gasteiger partial charge in [-0.2, -0.15) is 0 Å². The maximum atomic E-state index is 5.43. The smallest absolute Gasteiger partial charge is 0.0594 e. The summed E-state index contributed by atoms with van der Waals surface area (Å²) in [4.78, 5) is 9.86. The Balaban J connectivity index is 1.79. The van der Waals surface area contributed by atoms with Gasteiger partial charge in [0, 0.05) is 77.8 Å². The van der Waals surface area contributed by atoms with Crippen LogP contribution in [0.4, 0.5) is 0 Å². The first-order valence-electron chi connectivity index (χ1n) is 9.43. The number of allylic oxidation sites excluding steroid dienone is 3. The van der Waals surface area contributed by atoms with E-state index in [9.17, 15) is 0 Å². The molecule has 0 saturated carbocycles. The van der Waals surface area contributed by atoms with Crippen LogP contribution in [0, 0.1) is 0 Å². The number of hydrogen-bond acceptors (Lipinski definition) is 5. The third-order valence-corrected chi connectivity index (χ3v) is 5.05. The molecule has 24 heavy (non-hydrogen) atoms. The second kappa shape index (κ2) is 10.1. The molecule has 0 unspecified atom stereocenters. The highest BCUT2D eigenvalue weighted by Gasteiger charge is 2.19. The van der Waals surface area contributed by atoms with Crippen molar-refractivity contribution in [2.24, 2.45) is 0 Å². The number of ether oxygens (including phenoxy) is 1. The molecule has 2 aliphatic heterocycles. The summed E-state index contributed by atoms with van der Waals surface area (Å²) < 4.78 is 5.43. The van der Waals surface area contributed by atoms with Gasteiger partial charge < -0.3 is 14.5 Å². The first kappa shape index (κ1) is 19.3. The van der Waals surface area contributed by atoms with Gasteiger partial charge in [-0.3, -0.25) is 9.80 Å². The van der Waals surface area contributed by atoms with E-state index in [0.717, 1.165) is 45.8 Å². The molecule has 0 spiro atoms. The van der Waals surface area contributed by atoms with E-state index < -0.39 is 0 Å². The molecule has 0 aromatic heterocycles. The van der Waals surface area contributed by atoms with Crippen LogP contribution in [0.2, 0.25) is 0 Å². The lowest BCUT2D eigenvalue weighted by atomic mass is 10.2. The van der Waals surface area contributed by atoms with E-state index >= 15 is 0 Å². The van der Waals surface area contributed by atoms with Gasteiger partial charge in [-0.1, -0.05) is 13.0 Å². The van der Waals surface area contributed by atoms with Crippen molar-refractivity contribution in [1.29, 1.82) is 0 Å². The van der Waals surface area contributed by atoms with Crippen LogP contribution in [0.5, 0.6) is 0 Å². The highest BCUT2D eigenvalue weighted by molar-refractivity contribution is 5.21. The average molecular weight is 337 g/mol. The van der Waals surface area contributed by atoms with Crippen LogP contribution >= 0.6 is 0 Å². The molecule has 2 saturated heterocycles. The van der Waals surface area contributed by atoms with E-state index in [1.54, 1.807) is 0 Å². The van der Waals surface area contributed by atoms with Crippen molar-refractivity contribution in [3.63, 3.8) is 0 Å². The predicted octanol–water partition coefficient (Wildman–Crippen LogP) is 1.70. The van der Waals surface area contributed by atoms with Gasteiger partial charge in [0.05, 0.1) is 13.2 Å². The molecule has 0 bridgehead atoms. The van der Waals surface area contributed by atoms with E-state index in [1.165, 1.54) is 37.6 Å². The number of morpholine rings is 1. The molecule has 2 heterocycles. The Morgan fingerprint density at radius 2 is 1.54 bits per heavy atom. The summed E-state index contributed by atoms with van der Waals surface area (Å²) >= 11 is 0. The van der Waals surface area contributed by atoms with E-state index in [2.05, 4.69) is 59.7 Å². The summed E-state index contributed by atoms with van der Waals surface area (Å²) in [5.41, 5.74) is 2.70. The van der Waals surface area contributed by atoms with Crippen LogP contribution < -0.4 is 0 Å². The van der Waals surface area contributed by atoms with Gasteiger partial charge in [-0.25, -0.2) is 0 Å². The fourth-order valence-electron chi connectivity index (χ4n) is 3.17. The normalized spacial score (nSPS) is 22.1. The summed E-state index contributed by atoms with van der Waals surface area (Å²) in [7, 11) is 4.22. The summed E-state index contributed by atoms with van der Waals surface area (Å²) in [6, 6.07) is 0. The second-order valence-corrected chi connectivity index (χ2v) is 7.00. The lowest BCUT2D eigenvalue weighted by Gasteiger charge is -2.38. The number of rotatable bonds is 7. The van der Waals surface area contributed by atoms with E-state index in [4.69, 9.17) is 4.74 Å². The second-order valence-electron chi connectivity index (χ2n) is 7.00. The zero-order valence-electron chi connectivity index (χ0n) is 16.1. The summed E-state index contributed by atoms with van der Waals surface area (Å²) in [5, 5.41) is 0. The van der Waals surface area contributed by atoms with E-state index in [0.29, 0.717) is 0 Å². The van der Waals surface area contributed by atoms with E-state index in [1.807, 2.05) is 0 Å². The fourth-order valence-corrected chi connectivity index (χ4v) is 3.17. The van der Waals surface area contributed by atoms with Crippen molar-refractivity contribution in [2.75, 3.05) is 79.7 Å². The Hall–Kier alpha value is -1.04. The lowest BCUT2D eigenvalue weighted by molar-refractivity contribution is 0.0309. The van der Waals surface area contributed by atoms with Crippen molar-refractivity contribution in [2.45, 2.75) is 20.3 Å². The third-order valence-electron chi connectivity index (χ3n) is 5.05. The summed E-state index contributed by atoms with van der Waals surface area (Å²) in [6.45, 7) is 15.4. The standard InChI is InChI=1S/C19H36N4O/c1-5-6-19(17-18(2)20(3)4)23-11-9-21(10-12-23)7-8-22-13-15-24-16-14-22/h6,17H,5,7-16H2,1-4H3/b18-17-,19-6-. The largest absolute Gasteiger partial charge is 0.381 e. The minimum absolute atomic E-state index is 0.899. The molecule has 0 aliphatic carbocycles. The molecule has 2 aliphatic rings. The van der Waals surface area contributed by atoms with Gasteiger partial charge in [0.2, 0.25) is 0 Å². The van der Waals surface area contributed by atoms with Crippen LogP contribution in [-0.4, -0.2) is 99.3 Å². The van der Waals surface area contributed by atoms with Gasteiger partial charge in [-0.15, -0.1) is 0 Å². The van der Waals surface area contributed by atoms with Crippen LogP contribution in [-0.2, 0) is 4.74 Å². The first-order chi connectivity index (χ1) is 11.6. The number of hydrogen-bond donors (Lipinski definition) is 0. The molecule has 0 aromatic carbocycles. The summed E-state index contributed by atoms with van der Waals surface area (Å²) in [5.74, 6) is 0. The Labute approximate surface area is 148 Å². The average Bonchev–Trinajstić information content (AvgIpc) is 2.61. The van der Waals surface area contributed by atoms with Crippen LogP contribution in [0.3, 0.4) is 0 Å². The Bertz CT molecular complexity index is 419. The predicted molar refractivity (Wildman–Crippen MR) is 101 cm³/mol. The highest BCUT2D eigenvalue weighted by atomic mass is 16.5. The highest BCUT2D eigenvalue weighted by Crippen LogP contribution is 2.14. The Morgan fingerprint density at radius 1 is 0.958 bits per heavy atom. The van der Waals surface area contributed by atoms with Gasteiger partial charge in [-0.05, 0) is 19.4 Å². The molecule has 0 atom stereocenters. The molecule has 0 aromatic rings. The fraction of sp³-hybridized carbons (Fsp3) is 0.789. The monoisotopic (exact) mass is 336 g/mol. The molecule has 138 valence electrons. The van der Waals surface area contributed by atoms with E-state index in [-0.39, 0.29) is 0 Å². The van der Waals surface area contributed by atoms with Gasteiger partial charge >= 0.3 is 0 Å². The van der Waals surface area contributed by atoms with Crippen molar-refractivity contribution in [3.8, 4) is 0 Å². The van der Waals surface area contributed by atoms with Crippen LogP contribution in [0.15, 0.2) is 23.5 Å². The molecule has 0 N–H and O–H groups in total. The Morgan fingerprint density at radius 3 is 2.08 bits per heavy atom. The molecule has 5 nitrogen and oxygen atoms in total. The Kier molecular flexibility index (Phi) is 8.09. The van der Waals surface area contributed by atoms with Crippen molar-refractivity contribution < 1.29 is 4.74 Å². The zero-order valence-corrected chi connectivity index (χ0v) is 16.1. The molecule has 2 fully saturated rings. The van der Waals surface area contributed by atoms with Crippen molar-refractivity contribution in [1.82, 2.24) is 19.6 Å². The molecule has 2 rings (SSSR count). The first-order valence-corrected chi connectivity index (χ1v) is 9.43. The van der Waals surface area contributed by atoms with Crippen molar-refractivity contribution >= 4 is 0 Å². The quantitative estimate of drug-likeness (QED) is 0.658. The lowest BCUT2D eigenvalue weighted by Crippen LogP contribution is -2.49. The molecule has 5 heteroatoms. The summed E-state index contributed by atoms with van der Waals surface area (Å²) in [6.07, 6.45) is 5.77. The maximum absolute atomic E-state index is 5.43. The molecular formula is C19H36N4O. The SMILES string of the molecule is CC/C=C(/C=C(/C)N(C)C)N1CCN(CCN2CCOCC2)CC1. The molecular weight excluding hydrogens is 300 g/mol. The minimum Gasteiger partial charge on any atom is -0.381 e. The minimum atomic E-state index is 0.899. The van der Waals surface area contributed by atoms with Crippen LogP contribution in [0.25, 0.3) is 0 Å². The number of nitrogens with zero attached hydrogens (tertiary/aromatic N) is 4. The van der Waals surface area contributed by atoms with Gasteiger partial charge in [0.15, 0.2) is 0 Å². The third kappa shape index (κ3) is 6.11. The van der Waals surface area contributed by atoms with Crippen LogP contribution in [0.1, 0.15) is 20.3 Å². The van der Waals surface area contributed by atoms with Gasteiger partial charge in [0.25, 0.3) is 0 Å². The number of piperazine rings is 1. The zero-order chi connectivity index (χ0) is 17.4. The maximum Gasteiger partial charge on any atom is 0.0594 e. The topological polar surface area (TPSA) is 22.2 Å². The molecule has 0 amide bonds.